The zero-order valence-electron chi connectivity index (χ0n) is 15.7. The molecule has 3 heteroatoms. The third-order valence-corrected chi connectivity index (χ3v) is 5.43. The van der Waals surface area contributed by atoms with Gasteiger partial charge in [-0.15, -0.1) is 0 Å². The fourth-order valence-corrected chi connectivity index (χ4v) is 3.91. The fourth-order valence-electron chi connectivity index (χ4n) is 3.91. The highest BCUT2D eigenvalue weighted by Gasteiger charge is 2.22. The minimum Gasteiger partial charge on any atom is -0.395 e. The number of fused-ring (bicyclic) bond motifs is 1. The van der Waals surface area contributed by atoms with Crippen LogP contribution < -0.4 is 0 Å². The lowest BCUT2D eigenvalue weighted by Crippen LogP contribution is -2.35. The summed E-state index contributed by atoms with van der Waals surface area (Å²) in [4.78, 5) is 14.6. The third-order valence-electron chi connectivity index (χ3n) is 5.43. The summed E-state index contributed by atoms with van der Waals surface area (Å²) in [6, 6.07) is 16.9. The second-order valence-electron chi connectivity index (χ2n) is 7.21. The first kappa shape index (κ1) is 18.7. The predicted octanol–water partition coefficient (Wildman–Crippen LogP) is 4.08. The molecule has 0 saturated heterocycles. The zero-order chi connectivity index (χ0) is 18.4. The second kappa shape index (κ2) is 9.00. The number of aliphatic hydroxyl groups excluding tert-OH is 1. The highest BCUT2D eigenvalue weighted by Crippen LogP contribution is 2.28. The number of rotatable bonds is 8. The van der Waals surface area contributed by atoms with Crippen molar-refractivity contribution in [2.45, 2.75) is 51.5 Å². The molecule has 0 fully saturated rings. The zero-order valence-corrected chi connectivity index (χ0v) is 15.7. The molecule has 138 valence electrons. The molecule has 1 amide bonds. The lowest BCUT2D eigenvalue weighted by atomic mass is 10.0. The second-order valence-corrected chi connectivity index (χ2v) is 7.21. The summed E-state index contributed by atoms with van der Waals surface area (Å²) in [7, 11) is 0. The summed E-state index contributed by atoms with van der Waals surface area (Å²) in [6.45, 7) is 2.46. The van der Waals surface area contributed by atoms with E-state index in [2.05, 4.69) is 37.3 Å². The van der Waals surface area contributed by atoms with Crippen molar-refractivity contribution in [2.75, 3.05) is 13.2 Å². The van der Waals surface area contributed by atoms with Crippen molar-refractivity contribution in [2.24, 2.45) is 0 Å². The van der Waals surface area contributed by atoms with Crippen molar-refractivity contribution >= 4 is 5.91 Å². The van der Waals surface area contributed by atoms with Crippen molar-refractivity contribution in [1.29, 1.82) is 0 Å². The van der Waals surface area contributed by atoms with Gasteiger partial charge in [0.1, 0.15) is 0 Å². The van der Waals surface area contributed by atoms with Gasteiger partial charge >= 0.3 is 0 Å². The van der Waals surface area contributed by atoms with Crippen LogP contribution in [0, 0.1) is 0 Å². The largest absolute Gasteiger partial charge is 0.395 e. The van der Waals surface area contributed by atoms with Gasteiger partial charge < -0.3 is 10.0 Å². The quantitative estimate of drug-likeness (QED) is 0.778. The Balaban J connectivity index is 1.62. The Morgan fingerprint density at radius 1 is 1.12 bits per heavy atom. The smallest absolute Gasteiger partial charge is 0.223 e. The minimum atomic E-state index is -0.00252. The topological polar surface area (TPSA) is 40.5 Å². The van der Waals surface area contributed by atoms with E-state index in [1.807, 2.05) is 23.1 Å². The van der Waals surface area contributed by atoms with Crippen molar-refractivity contribution in [3.63, 3.8) is 0 Å². The van der Waals surface area contributed by atoms with Crippen LogP contribution in [0.4, 0.5) is 0 Å². The minimum absolute atomic E-state index is 0.000292. The van der Waals surface area contributed by atoms with Gasteiger partial charge in [0.2, 0.25) is 5.91 Å². The SMILES string of the molecule is CC(c1ccc2c(c1)CCC2)N(CCO)C(=O)CCCc1ccccc1. The maximum Gasteiger partial charge on any atom is 0.223 e. The van der Waals surface area contributed by atoms with Gasteiger partial charge in [-0.25, -0.2) is 0 Å². The first-order valence-corrected chi connectivity index (χ1v) is 9.75. The van der Waals surface area contributed by atoms with E-state index in [9.17, 15) is 9.90 Å². The summed E-state index contributed by atoms with van der Waals surface area (Å²) in [5.74, 6) is 0.128. The number of amides is 1. The number of aryl methyl sites for hydroxylation is 3. The van der Waals surface area contributed by atoms with Crippen molar-refractivity contribution < 1.29 is 9.90 Å². The molecule has 26 heavy (non-hydrogen) atoms. The highest BCUT2D eigenvalue weighted by atomic mass is 16.3. The number of hydrogen-bond acceptors (Lipinski definition) is 2. The van der Waals surface area contributed by atoms with Gasteiger partial charge in [-0.3, -0.25) is 4.79 Å². The van der Waals surface area contributed by atoms with Gasteiger partial charge in [0, 0.05) is 13.0 Å². The average molecular weight is 351 g/mol. The molecule has 0 aliphatic heterocycles. The summed E-state index contributed by atoms with van der Waals surface area (Å²) in [5.41, 5.74) is 5.31. The van der Waals surface area contributed by atoms with Crippen molar-refractivity contribution in [1.82, 2.24) is 4.90 Å². The van der Waals surface area contributed by atoms with E-state index in [-0.39, 0.29) is 18.6 Å². The van der Waals surface area contributed by atoms with Crippen LogP contribution in [0.15, 0.2) is 48.5 Å². The molecule has 2 aromatic carbocycles. The molecule has 3 nitrogen and oxygen atoms in total. The Morgan fingerprint density at radius 2 is 1.88 bits per heavy atom. The van der Waals surface area contributed by atoms with Crippen LogP contribution in [0.1, 0.15) is 54.5 Å². The van der Waals surface area contributed by atoms with Crippen LogP contribution in [0.5, 0.6) is 0 Å². The van der Waals surface area contributed by atoms with Crippen LogP contribution in [-0.2, 0) is 24.1 Å². The lowest BCUT2D eigenvalue weighted by molar-refractivity contribution is -0.134. The molecule has 0 radical (unpaired) electrons. The van der Waals surface area contributed by atoms with Gasteiger partial charge in [0.05, 0.1) is 12.6 Å². The molecule has 0 aromatic heterocycles. The summed E-state index contributed by atoms with van der Waals surface area (Å²) in [5, 5.41) is 9.45. The van der Waals surface area contributed by atoms with Crippen molar-refractivity contribution in [3.05, 3.63) is 70.8 Å². The molecule has 1 aliphatic carbocycles. The molecule has 1 N–H and O–H groups in total. The number of carbonyl (C=O) groups is 1. The number of nitrogens with zero attached hydrogens (tertiary/aromatic N) is 1. The van der Waals surface area contributed by atoms with Crippen LogP contribution in [0.25, 0.3) is 0 Å². The fraction of sp³-hybridized carbons (Fsp3) is 0.435. The van der Waals surface area contributed by atoms with Gasteiger partial charge in [0.25, 0.3) is 0 Å². The lowest BCUT2D eigenvalue weighted by Gasteiger charge is -2.29. The van der Waals surface area contributed by atoms with Crippen LogP contribution >= 0.6 is 0 Å². The highest BCUT2D eigenvalue weighted by molar-refractivity contribution is 5.76. The van der Waals surface area contributed by atoms with Gasteiger partial charge in [-0.05, 0) is 61.3 Å². The molecule has 1 unspecified atom stereocenters. The molecule has 2 aromatic rings. The molecule has 1 aliphatic rings. The molecule has 0 spiro atoms. The Labute approximate surface area is 156 Å². The molecular formula is C23H29NO2. The van der Waals surface area contributed by atoms with E-state index >= 15 is 0 Å². The number of aliphatic hydroxyl groups is 1. The van der Waals surface area contributed by atoms with Crippen LogP contribution in [0.3, 0.4) is 0 Å². The van der Waals surface area contributed by atoms with Crippen molar-refractivity contribution in [3.8, 4) is 0 Å². The monoisotopic (exact) mass is 351 g/mol. The Morgan fingerprint density at radius 3 is 2.65 bits per heavy atom. The van der Waals surface area contributed by atoms with Crippen LogP contribution in [-0.4, -0.2) is 29.1 Å². The first-order chi connectivity index (χ1) is 12.7. The third kappa shape index (κ3) is 4.53. The van der Waals surface area contributed by atoms with Gasteiger partial charge in [-0.2, -0.15) is 0 Å². The maximum atomic E-state index is 12.8. The van der Waals surface area contributed by atoms with E-state index in [1.54, 1.807) is 0 Å². The maximum absolute atomic E-state index is 12.8. The standard InChI is InChI=1S/C23H29NO2/c1-18(21-14-13-20-10-6-11-22(20)17-21)24(15-16-25)23(26)12-5-9-19-7-3-2-4-8-19/h2-4,7-8,13-14,17-18,25H,5-6,9-12,15-16H2,1H3. The molecule has 0 bridgehead atoms. The number of hydrogen-bond donors (Lipinski definition) is 1. The Kier molecular flexibility index (Phi) is 6.45. The number of benzene rings is 2. The Bertz CT molecular complexity index is 726. The van der Waals surface area contributed by atoms with Crippen LogP contribution in [0.2, 0.25) is 0 Å². The molecular weight excluding hydrogens is 322 g/mol. The first-order valence-electron chi connectivity index (χ1n) is 9.75. The van der Waals surface area contributed by atoms with E-state index < -0.39 is 0 Å². The normalized spacial score (nSPS) is 14.1. The summed E-state index contributed by atoms with van der Waals surface area (Å²) < 4.78 is 0. The predicted molar refractivity (Wildman–Crippen MR) is 105 cm³/mol. The van der Waals surface area contributed by atoms with Gasteiger partial charge in [0.15, 0.2) is 0 Å². The molecule has 0 saturated carbocycles. The Hall–Kier alpha value is -2.13. The van der Waals surface area contributed by atoms with E-state index in [4.69, 9.17) is 0 Å². The van der Waals surface area contributed by atoms with E-state index in [1.165, 1.54) is 35.1 Å². The molecule has 3 rings (SSSR count). The molecule has 1 atom stereocenters. The van der Waals surface area contributed by atoms with E-state index in [0.717, 1.165) is 19.3 Å². The average Bonchev–Trinajstić information content (AvgIpc) is 3.14. The summed E-state index contributed by atoms with van der Waals surface area (Å²) >= 11 is 0. The van der Waals surface area contributed by atoms with E-state index in [0.29, 0.717) is 13.0 Å². The summed E-state index contributed by atoms with van der Waals surface area (Å²) in [6.07, 6.45) is 5.80. The number of carbonyl (C=O) groups excluding carboxylic acids is 1. The van der Waals surface area contributed by atoms with Gasteiger partial charge in [-0.1, -0.05) is 48.5 Å². The molecule has 0 heterocycles.